The van der Waals surface area contributed by atoms with Crippen molar-refractivity contribution in [2.45, 2.75) is 12.8 Å². The van der Waals surface area contributed by atoms with E-state index in [0.29, 0.717) is 11.6 Å². The van der Waals surface area contributed by atoms with E-state index in [1.807, 2.05) is 0 Å². The number of amides is 1. The molecule has 0 unspecified atom stereocenters. The predicted octanol–water partition coefficient (Wildman–Crippen LogP) is 3.55. The molecule has 6 nitrogen and oxygen atoms in total. The molecule has 2 aromatic rings. The van der Waals surface area contributed by atoms with E-state index in [1.165, 1.54) is 0 Å². The molecule has 0 aliphatic rings. The smallest absolute Gasteiger partial charge is 0.433 e. The second-order valence-electron chi connectivity index (χ2n) is 4.58. The molecule has 0 bridgehead atoms. The summed E-state index contributed by atoms with van der Waals surface area (Å²) in [5, 5.41) is 11.0. The first-order valence-corrected chi connectivity index (χ1v) is 6.56. The third kappa shape index (κ3) is 4.45. The summed E-state index contributed by atoms with van der Waals surface area (Å²) in [6.45, 7) is -0.0802. The van der Waals surface area contributed by atoms with Crippen molar-refractivity contribution in [2.24, 2.45) is 0 Å². The lowest BCUT2D eigenvalue weighted by Gasteiger charge is -2.11. The number of nitrogens with zero attached hydrogens (tertiary/aromatic N) is 1. The summed E-state index contributed by atoms with van der Waals surface area (Å²) in [6, 6.07) is 10.0. The molecule has 1 amide bonds. The first-order valence-electron chi connectivity index (χ1n) is 6.56. The van der Waals surface area contributed by atoms with Crippen LogP contribution in [0.5, 0.6) is 0 Å². The molecule has 0 aliphatic carbocycles. The molecule has 126 valence electrons. The third-order valence-corrected chi connectivity index (χ3v) is 2.84. The van der Waals surface area contributed by atoms with Gasteiger partial charge < -0.3 is 9.84 Å². The molecule has 2 rings (SSSR count). The zero-order valence-electron chi connectivity index (χ0n) is 12.0. The van der Waals surface area contributed by atoms with Crippen molar-refractivity contribution in [1.82, 2.24) is 4.98 Å². The van der Waals surface area contributed by atoms with E-state index in [4.69, 9.17) is 9.84 Å². The molecule has 2 N–H and O–H groups in total. The van der Waals surface area contributed by atoms with Crippen LogP contribution < -0.4 is 5.32 Å². The van der Waals surface area contributed by atoms with E-state index in [0.717, 1.165) is 6.07 Å². The molecule has 0 radical (unpaired) electrons. The number of aromatic nitrogens is 1. The van der Waals surface area contributed by atoms with Crippen molar-refractivity contribution < 1.29 is 32.6 Å². The second-order valence-corrected chi connectivity index (χ2v) is 4.58. The normalized spacial score (nSPS) is 11.0. The maximum absolute atomic E-state index is 12.6. The molecule has 0 spiro atoms. The van der Waals surface area contributed by atoms with Gasteiger partial charge in [0, 0.05) is 0 Å². The number of nitrogens with one attached hydrogen (secondary N) is 1. The number of rotatable bonds is 4. The minimum atomic E-state index is -4.80. The first-order chi connectivity index (χ1) is 11.3. The molecule has 0 saturated carbocycles. The number of aromatic carboxylic acids is 1. The Balaban J connectivity index is 2.11. The number of hydrogen-bond acceptors (Lipinski definition) is 4. The van der Waals surface area contributed by atoms with Gasteiger partial charge in [-0.25, -0.2) is 14.6 Å². The first kappa shape index (κ1) is 17.3. The van der Waals surface area contributed by atoms with E-state index in [1.54, 1.807) is 30.3 Å². The van der Waals surface area contributed by atoms with Crippen molar-refractivity contribution in [3.63, 3.8) is 0 Å². The number of carbonyl (C=O) groups is 2. The van der Waals surface area contributed by atoms with Crippen molar-refractivity contribution >= 4 is 17.7 Å². The fraction of sp³-hybridized carbons (Fsp3) is 0.133. The van der Waals surface area contributed by atoms with Gasteiger partial charge in [-0.15, -0.1) is 0 Å². The Labute approximate surface area is 133 Å². The zero-order chi connectivity index (χ0) is 17.7. The van der Waals surface area contributed by atoms with Gasteiger partial charge in [0.1, 0.15) is 12.3 Å². The minimum Gasteiger partial charge on any atom is -0.476 e. The van der Waals surface area contributed by atoms with Crippen LogP contribution in [0.4, 0.5) is 23.7 Å². The Bertz CT molecular complexity index is 748. The lowest BCUT2D eigenvalue weighted by atomic mass is 10.2. The van der Waals surface area contributed by atoms with E-state index in [2.05, 4.69) is 10.3 Å². The number of hydrogen-bond donors (Lipinski definition) is 2. The van der Waals surface area contributed by atoms with Gasteiger partial charge >= 0.3 is 18.2 Å². The molecule has 0 aliphatic heterocycles. The number of carboxylic acids is 1. The van der Waals surface area contributed by atoms with E-state index < -0.39 is 35.3 Å². The summed E-state index contributed by atoms with van der Waals surface area (Å²) in [6.07, 6.45) is -5.81. The SMILES string of the molecule is O=C(Nc1ccc(C(F)(F)F)nc1C(=O)O)OCc1ccccc1. The van der Waals surface area contributed by atoms with E-state index >= 15 is 0 Å². The molecule has 24 heavy (non-hydrogen) atoms. The zero-order valence-corrected chi connectivity index (χ0v) is 12.0. The van der Waals surface area contributed by atoms with Gasteiger partial charge in [-0.3, -0.25) is 5.32 Å². The highest BCUT2D eigenvalue weighted by molar-refractivity contribution is 5.97. The highest BCUT2D eigenvalue weighted by Crippen LogP contribution is 2.29. The van der Waals surface area contributed by atoms with Crippen molar-refractivity contribution in [3.8, 4) is 0 Å². The largest absolute Gasteiger partial charge is 0.476 e. The van der Waals surface area contributed by atoms with Gasteiger partial charge in [-0.1, -0.05) is 30.3 Å². The summed E-state index contributed by atoms with van der Waals surface area (Å²) >= 11 is 0. The van der Waals surface area contributed by atoms with Crippen LogP contribution in [0.2, 0.25) is 0 Å². The maximum Gasteiger partial charge on any atom is 0.433 e. The molecule has 0 fully saturated rings. The molecule has 9 heteroatoms. The number of ether oxygens (including phenoxy) is 1. The molecular weight excluding hydrogens is 329 g/mol. The van der Waals surface area contributed by atoms with Crippen molar-refractivity contribution in [3.05, 3.63) is 59.4 Å². The monoisotopic (exact) mass is 340 g/mol. The van der Waals surface area contributed by atoms with Gasteiger partial charge in [0.25, 0.3) is 0 Å². The van der Waals surface area contributed by atoms with Gasteiger partial charge in [0.2, 0.25) is 0 Å². The van der Waals surface area contributed by atoms with Gasteiger partial charge in [0.15, 0.2) is 5.69 Å². The van der Waals surface area contributed by atoms with E-state index in [9.17, 15) is 22.8 Å². The quantitative estimate of drug-likeness (QED) is 0.889. The summed E-state index contributed by atoms with van der Waals surface area (Å²) in [4.78, 5) is 25.7. The van der Waals surface area contributed by atoms with Gasteiger partial charge in [-0.05, 0) is 17.7 Å². The topological polar surface area (TPSA) is 88.5 Å². The van der Waals surface area contributed by atoms with Crippen LogP contribution in [0.3, 0.4) is 0 Å². The molecule has 0 atom stereocenters. The van der Waals surface area contributed by atoms with Crippen LogP contribution in [0, 0.1) is 0 Å². The van der Waals surface area contributed by atoms with Crippen molar-refractivity contribution in [2.75, 3.05) is 5.32 Å². The van der Waals surface area contributed by atoms with Crippen molar-refractivity contribution in [1.29, 1.82) is 0 Å². The summed E-state index contributed by atoms with van der Waals surface area (Å²) in [7, 11) is 0. The lowest BCUT2D eigenvalue weighted by Crippen LogP contribution is -2.19. The Kier molecular flexibility index (Phi) is 5.02. The third-order valence-electron chi connectivity index (χ3n) is 2.84. The highest BCUT2D eigenvalue weighted by Gasteiger charge is 2.34. The number of pyridine rings is 1. The fourth-order valence-electron chi connectivity index (χ4n) is 1.75. The van der Waals surface area contributed by atoms with Crippen LogP contribution in [0.25, 0.3) is 0 Å². The Hall–Kier alpha value is -3.10. The minimum absolute atomic E-state index is 0.0802. The second kappa shape index (κ2) is 6.99. The van der Waals surface area contributed by atoms with Crippen LogP contribution in [-0.2, 0) is 17.5 Å². The van der Waals surface area contributed by atoms with Gasteiger partial charge in [0.05, 0.1) is 5.69 Å². The summed E-state index contributed by atoms with van der Waals surface area (Å²) in [5.41, 5.74) is -2.00. The lowest BCUT2D eigenvalue weighted by molar-refractivity contribution is -0.141. The average Bonchev–Trinajstić information content (AvgIpc) is 2.53. The van der Waals surface area contributed by atoms with Crippen LogP contribution in [-0.4, -0.2) is 22.2 Å². The van der Waals surface area contributed by atoms with Crippen LogP contribution in [0.1, 0.15) is 21.7 Å². The predicted molar refractivity (Wildman–Crippen MR) is 76.4 cm³/mol. The number of benzene rings is 1. The standard InChI is InChI=1S/C15H11F3N2O4/c16-15(17,18)11-7-6-10(12(20-11)13(21)22)19-14(23)24-8-9-4-2-1-3-5-9/h1-7H,8H2,(H,19,23)(H,21,22). The molecule has 1 aromatic heterocycles. The molecule has 1 aromatic carbocycles. The van der Waals surface area contributed by atoms with Gasteiger partial charge in [-0.2, -0.15) is 13.2 Å². The number of halogens is 3. The molecular formula is C15H11F3N2O4. The highest BCUT2D eigenvalue weighted by atomic mass is 19.4. The molecule has 1 heterocycles. The Morgan fingerprint density at radius 1 is 1.12 bits per heavy atom. The number of alkyl halides is 3. The van der Waals surface area contributed by atoms with Crippen LogP contribution in [0.15, 0.2) is 42.5 Å². The number of carboxylic acid groups (broad SMARTS) is 1. The fourth-order valence-corrected chi connectivity index (χ4v) is 1.75. The number of anilines is 1. The summed E-state index contributed by atoms with van der Waals surface area (Å²) in [5.74, 6) is -1.71. The maximum atomic E-state index is 12.6. The molecule has 0 saturated heterocycles. The van der Waals surface area contributed by atoms with Crippen LogP contribution >= 0.6 is 0 Å². The summed E-state index contributed by atoms with van der Waals surface area (Å²) < 4.78 is 42.6. The Morgan fingerprint density at radius 3 is 2.38 bits per heavy atom. The average molecular weight is 340 g/mol. The number of carbonyl (C=O) groups excluding carboxylic acids is 1. The van der Waals surface area contributed by atoms with E-state index in [-0.39, 0.29) is 6.61 Å². The Morgan fingerprint density at radius 2 is 1.79 bits per heavy atom.